The highest BCUT2D eigenvalue weighted by molar-refractivity contribution is 5.77. The number of carbonyl (C=O) groups is 5. The Morgan fingerprint density at radius 2 is 0.551 bits per heavy atom. The molecule has 0 spiro atoms. The van der Waals surface area contributed by atoms with Gasteiger partial charge in [-0.15, -0.1) is 0 Å². The molecule has 0 radical (unpaired) electrons. The van der Waals surface area contributed by atoms with Gasteiger partial charge in [-0.1, -0.05) is 310 Å². The van der Waals surface area contributed by atoms with Crippen molar-refractivity contribution in [3.05, 3.63) is 66.8 Å². The lowest BCUT2D eigenvalue weighted by atomic mass is 9.83. The number of benzene rings is 3. The number of fused-ring (bicyclic) bond motifs is 3. The number of ether oxygens (including phenoxy) is 8. The highest BCUT2D eigenvalue weighted by Gasteiger charge is 2.40. The zero-order valence-electron chi connectivity index (χ0n) is 101. The van der Waals surface area contributed by atoms with Crippen LogP contribution in [0.2, 0.25) is 0 Å². The molecule has 17 heteroatoms. The van der Waals surface area contributed by atoms with Crippen molar-refractivity contribution in [1.29, 1.82) is 0 Å². The van der Waals surface area contributed by atoms with Gasteiger partial charge in [-0.05, 0) is 322 Å². The van der Waals surface area contributed by atoms with Crippen LogP contribution in [0.5, 0.6) is 34.5 Å². The molecule has 1 fully saturated rings. The Kier molecular flexibility index (Phi) is 63.3. The maximum atomic E-state index is 13.6. The maximum absolute atomic E-state index is 13.6. The van der Waals surface area contributed by atoms with Crippen LogP contribution >= 0.6 is 0 Å². The lowest BCUT2D eigenvalue weighted by molar-refractivity contribution is -0.144. The molecule has 9 atom stereocenters. The minimum Gasteiger partial charge on any atom is -0.487 e. The molecule has 0 bridgehead atoms. The molecule has 0 N–H and O–H groups in total. The third-order valence-corrected chi connectivity index (χ3v) is 33.7. The van der Waals surface area contributed by atoms with Crippen LogP contribution in [0.15, 0.2) is 0 Å². The third-order valence-electron chi connectivity index (χ3n) is 33.7. The number of hydrogen-bond donors (Lipinski definition) is 0. The van der Waals surface area contributed by atoms with Crippen LogP contribution in [0.3, 0.4) is 0 Å². The van der Waals surface area contributed by atoms with E-state index in [1.165, 1.54) is 204 Å². The van der Waals surface area contributed by atoms with Gasteiger partial charge in [0, 0.05) is 75.5 Å². The highest BCUT2D eigenvalue weighted by atomic mass is 16.6. The molecule has 4 aliphatic heterocycles. The van der Waals surface area contributed by atoms with E-state index in [4.69, 9.17) is 37.9 Å². The van der Waals surface area contributed by atoms with E-state index >= 15 is 0 Å². The first-order valence-corrected chi connectivity index (χ1v) is 60.8. The van der Waals surface area contributed by atoms with Gasteiger partial charge in [0.2, 0.25) is 0 Å². The van der Waals surface area contributed by atoms with Gasteiger partial charge < -0.3 is 57.5 Å². The van der Waals surface area contributed by atoms with E-state index in [9.17, 15) is 24.0 Å². The van der Waals surface area contributed by atoms with Crippen molar-refractivity contribution in [3.63, 3.8) is 0 Å². The van der Waals surface area contributed by atoms with Crippen LogP contribution in [-0.2, 0) is 52.7 Å². The Labute approximate surface area is 903 Å². The third kappa shape index (κ3) is 52.4. The minimum absolute atomic E-state index is 0.119. The van der Waals surface area contributed by atoms with Gasteiger partial charge in [-0.3, -0.25) is 24.0 Å². The van der Waals surface area contributed by atoms with Crippen LogP contribution < -0.4 is 28.4 Å². The first-order valence-electron chi connectivity index (χ1n) is 60.8. The Morgan fingerprint density at radius 1 is 0.293 bits per heavy atom. The second kappa shape index (κ2) is 70.6. The smallest absolute Gasteiger partial charge is 0.312 e. The number of likely N-dealkylation sites (N-methyl/N-ethyl adjacent to an activating group) is 1. The Bertz CT molecular complexity index is 4190. The van der Waals surface area contributed by atoms with Crippen LogP contribution in [-0.4, -0.2) is 160 Å². The maximum Gasteiger partial charge on any atom is 0.312 e. The van der Waals surface area contributed by atoms with Crippen molar-refractivity contribution in [2.24, 2.45) is 65.1 Å². The van der Waals surface area contributed by atoms with Crippen LogP contribution in [0, 0.1) is 127 Å². The van der Waals surface area contributed by atoms with E-state index in [1.807, 2.05) is 25.9 Å². The molecule has 147 heavy (non-hydrogen) atoms. The molecule has 4 heterocycles. The fourth-order valence-corrected chi connectivity index (χ4v) is 22.6. The summed E-state index contributed by atoms with van der Waals surface area (Å²) >= 11 is 0. The van der Waals surface area contributed by atoms with E-state index in [1.54, 1.807) is 0 Å². The standard InChI is InChI=1S/C58H103NO7.C37H64N2O3.C35H61NO3/c1-44(2)26-19-15-13-17-21-42-63-53(60)34-39-59(40-35-54(61)64-43-22-18-14-16-20-27-45(3)4)41-36-55(62)65-56-49(9)50(10)57-52(51(56)11)33-38-58(12,66-57)37-25-32-48(8)31-24-30-47(7)29-23-28-46(5)6;1-27(2)13-10-14-28(3)15-11-16-29(4)17-12-20-37(8)21-18-33-32(7)35(30(5)31(6)36(33)42-37)41-34(40)19-22-39-25-23-38(9)24-26-39;1-25(2)15-11-16-26(3)17-12-18-27(4)19-13-22-35(8)23-21-31-30(7)33(28(5)29(6)34(31)39-35)38-32(37)20-14-24-36(9)10/h44-48H,13-43H2,1-12H3;27-29H,10-26H2,1-9H3;25-27H,11-24H2,1-10H3/t47-,48-,58-;28-,29-,37-;26-,27-,35-/m111/s1. The van der Waals surface area contributed by atoms with E-state index in [0.29, 0.717) is 51.4 Å². The van der Waals surface area contributed by atoms with E-state index in [-0.39, 0.29) is 65.9 Å². The van der Waals surface area contributed by atoms with Crippen molar-refractivity contribution in [3.8, 4) is 34.5 Å². The summed E-state index contributed by atoms with van der Waals surface area (Å²) in [6, 6.07) is 0. The number of nitrogens with zero attached hydrogens (tertiary/aromatic N) is 4. The van der Waals surface area contributed by atoms with Gasteiger partial charge >= 0.3 is 29.8 Å². The number of carbonyl (C=O) groups excluding carboxylic acids is 5. The predicted octanol–water partition coefficient (Wildman–Crippen LogP) is 33.7. The van der Waals surface area contributed by atoms with Crippen LogP contribution in [0.1, 0.15) is 507 Å². The molecule has 0 aliphatic carbocycles. The van der Waals surface area contributed by atoms with Gasteiger partial charge in [0.1, 0.15) is 51.3 Å². The molecular weight excluding hydrogens is 1830 g/mol. The van der Waals surface area contributed by atoms with Gasteiger partial charge in [0.25, 0.3) is 0 Å². The largest absolute Gasteiger partial charge is 0.487 e. The van der Waals surface area contributed by atoms with Crippen molar-refractivity contribution in [2.45, 2.75) is 538 Å². The van der Waals surface area contributed by atoms with E-state index in [0.717, 1.165) is 291 Å². The molecule has 3 aromatic carbocycles. The Hall–Kier alpha value is -5.75. The van der Waals surface area contributed by atoms with Crippen molar-refractivity contribution in [2.75, 3.05) is 93.3 Å². The molecule has 846 valence electrons. The summed E-state index contributed by atoms with van der Waals surface area (Å²) in [6.45, 7) is 71.1. The average Bonchev–Trinajstić information content (AvgIpc) is 0.766. The van der Waals surface area contributed by atoms with Gasteiger partial charge in [0.05, 0.1) is 38.9 Å². The summed E-state index contributed by atoms with van der Waals surface area (Å²) in [6.07, 6.45) is 57.0. The van der Waals surface area contributed by atoms with Crippen LogP contribution in [0.25, 0.3) is 0 Å². The second-order valence-corrected chi connectivity index (χ2v) is 50.9. The van der Waals surface area contributed by atoms with E-state index < -0.39 is 0 Å². The molecule has 17 nitrogen and oxygen atoms in total. The number of unbranched alkanes of at least 4 members (excludes halogenated alkanes) is 8. The van der Waals surface area contributed by atoms with Gasteiger partial charge in [-0.2, -0.15) is 0 Å². The lowest BCUT2D eigenvalue weighted by Gasteiger charge is -2.38. The first-order chi connectivity index (χ1) is 69.6. The predicted molar refractivity (Wildman–Crippen MR) is 619 cm³/mol. The number of piperazine rings is 1. The summed E-state index contributed by atoms with van der Waals surface area (Å²) in [4.78, 5) is 73.3. The zero-order chi connectivity index (χ0) is 109. The summed E-state index contributed by atoms with van der Waals surface area (Å²) in [7, 11) is 6.21. The lowest BCUT2D eigenvalue weighted by Crippen LogP contribution is -2.45. The number of rotatable bonds is 71. The number of esters is 5. The SMILES string of the molecule is Cc1c(C)c2c(c(C)c1OC(=O)CCCN(C)C)CC[C@@](C)(CCC[C@H](C)CCC[C@H](C)CCCC(C)C)O2.Cc1c(C)c2c(c(C)c1OC(=O)CCN(CCC(=O)OCCCCCCCC(C)C)CCC(=O)OCCCCCCCC(C)C)CC[C@@](C)(CCC[C@H](C)CCC[C@H](C)CCCC(C)C)O2.Cc1c(C)c2c(c(C)c1OC(=O)CCN1CCN(C)CC1)CC[C@@](C)(CCC[C@H](C)CCC[C@H](C)CCCC(C)C)O2. The molecule has 7 rings (SSSR count). The molecule has 0 unspecified atom stereocenters. The van der Waals surface area contributed by atoms with Crippen molar-refractivity contribution >= 4 is 29.8 Å². The molecule has 0 amide bonds. The summed E-state index contributed by atoms with van der Waals surface area (Å²) in [5, 5.41) is 0. The quantitative estimate of drug-likeness (QED) is 0.0296. The van der Waals surface area contributed by atoms with Gasteiger partial charge in [-0.25, -0.2) is 0 Å². The Balaban J connectivity index is 0.000000407. The molecule has 1 saturated heterocycles. The minimum atomic E-state index is -0.325. The summed E-state index contributed by atoms with van der Waals surface area (Å²) in [5.74, 6) is 12.9. The molecule has 3 aromatic rings. The highest BCUT2D eigenvalue weighted by Crippen LogP contribution is 2.50. The topological polar surface area (TPSA) is 172 Å². The Morgan fingerprint density at radius 3 is 0.850 bits per heavy atom. The fraction of sp³-hybridized carbons (Fsp3) is 0.823. The van der Waals surface area contributed by atoms with Crippen molar-refractivity contribution in [1.82, 2.24) is 19.6 Å². The monoisotopic (exact) mass is 2050 g/mol. The zero-order valence-corrected chi connectivity index (χ0v) is 101. The molecule has 4 aliphatic rings. The normalized spacial score (nSPS) is 18.1. The number of hydrogen-bond acceptors (Lipinski definition) is 17. The molecule has 0 saturated carbocycles. The fourth-order valence-electron chi connectivity index (χ4n) is 22.6. The van der Waals surface area contributed by atoms with Gasteiger partial charge in [0.15, 0.2) is 0 Å². The average molecular weight is 2060 g/mol. The van der Waals surface area contributed by atoms with Crippen LogP contribution in [0.4, 0.5) is 0 Å². The first kappa shape index (κ1) is 132. The second-order valence-electron chi connectivity index (χ2n) is 50.9. The molecular formula is C130H228N4O13. The van der Waals surface area contributed by atoms with E-state index in [2.05, 4.69) is 209 Å². The van der Waals surface area contributed by atoms with Crippen molar-refractivity contribution < 1.29 is 61.9 Å². The summed E-state index contributed by atoms with van der Waals surface area (Å²) < 4.78 is 49.7. The molecule has 0 aromatic heterocycles. The summed E-state index contributed by atoms with van der Waals surface area (Å²) in [5.41, 5.74) is 12.6.